The van der Waals surface area contributed by atoms with Gasteiger partial charge in [0.25, 0.3) is 5.91 Å². The molecule has 0 aliphatic rings. The van der Waals surface area contributed by atoms with Gasteiger partial charge in [0, 0.05) is 41.0 Å². The van der Waals surface area contributed by atoms with Crippen molar-refractivity contribution in [3.63, 3.8) is 0 Å². The fraction of sp³-hybridized carbons (Fsp3) is 0.250. The standard InChI is InChI=1S/C16H20N4O2/c1-20(2)4-3-19-16(22)14-8-13(18)6-10-5-12(17)7-11(9-21)15(10)14/h5-9H,3-4,17-18H2,1-2H3,(H,19,22). The number of carbonyl (C=O) groups is 2. The Balaban J connectivity index is 2.48. The summed E-state index contributed by atoms with van der Waals surface area (Å²) in [5, 5.41) is 4.08. The number of benzene rings is 2. The van der Waals surface area contributed by atoms with Crippen LogP contribution in [0.4, 0.5) is 11.4 Å². The number of nitrogen functional groups attached to an aromatic ring is 2. The highest BCUT2D eigenvalue weighted by molar-refractivity contribution is 6.14. The predicted molar refractivity (Wildman–Crippen MR) is 89.0 cm³/mol. The van der Waals surface area contributed by atoms with Crippen molar-refractivity contribution in [1.82, 2.24) is 10.2 Å². The summed E-state index contributed by atoms with van der Waals surface area (Å²) in [6.45, 7) is 1.23. The van der Waals surface area contributed by atoms with Crippen LogP contribution >= 0.6 is 0 Å². The molecule has 0 saturated heterocycles. The zero-order chi connectivity index (χ0) is 16.3. The first-order valence-electron chi connectivity index (χ1n) is 6.93. The molecule has 22 heavy (non-hydrogen) atoms. The van der Waals surface area contributed by atoms with E-state index in [-0.39, 0.29) is 5.91 Å². The molecule has 0 radical (unpaired) electrons. The van der Waals surface area contributed by atoms with Crippen molar-refractivity contribution in [2.45, 2.75) is 0 Å². The second-order valence-electron chi connectivity index (χ2n) is 5.45. The van der Waals surface area contributed by atoms with Gasteiger partial charge < -0.3 is 21.7 Å². The molecule has 0 bridgehead atoms. The molecule has 1 amide bonds. The first-order chi connectivity index (χ1) is 10.4. The summed E-state index contributed by atoms with van der Waals surface area (Å²) in [5.41, 5.74) is 13.3. The van der Waals surface area contributed by atoms with Crippen molar-refractivity contribution < 1.29 is 9.59 Å². The molecule has 5 N–H and O–H groups in total. The fourth-order valence-corrected chi connectivity index (χ4v) is 2.36. The van der Waals surface area contributed by atoms with Gasteiger partial charge in [0.2, 0.25) is 0 Å². The Kier molecular flexibility index (Phi) is 4.62. The number of amides is 1. The number of carbonyl (C=O) groups excluding carboxylic acids is 2. The number of nitrogens with zero attached hydrogens (tertiary/aromatic N) is 1. The van der Waals surface area contributed by atoms with Crippen LogP contribution in [0.5, 0.6) is 0 Å². The number of nitrogens with two attached hydrogens (primary N) is 2. The molecular formula is C16H20N4O2. The molecule has 2 rings (SSSR count). The summed E-state index contributed by atoms with van der Waals surface area (Å²) in [4.78, 5) is 25.7. The number of rotatable bonds is 5. The van der Waals surface area contributed by atoms with E-state index in [0.717, 1.165) is 6.54 Å². The molecular weight excluding hydrogens is 280 g/mol. The van der Waals surface area contributed by atoms with Crippen LogP contribution in [0.25, 0.3) is 10.8 Å². The maximum absolute atomic E-state index is 12.4. The number of hydrogen-bond donors (Lipinski definition) is 3. The molecule has 0 fully saturated rings. The Bertz CT molecular complexity index is 720. The number of aldehydes is 1. The van der Waals surface area contributed by atoms with Crippen LogP contribution in [0, 0.1) is 0 Å². The molecule has 2 aromatic rings. The van der Waals surface area contributed by atoms with E-state index in [1.165, 1.54) is 0 Å². The molecule has 6 heteroatoms. The topological polar surface area (TPSA) is 101 Å². The summed E-state index contributed by atoms with van der Waals surface area (Å²) >= 11 is 0. The van der Waals surface area contributed by atoms with Crippen LogP contribution in [-0.2, 0) is 0 Å². The van der Waals surface area contributed by atoms with Gasteiger partial charge in [0.05, 0.1) is 0 Å². The highest BCUT2D eigenvalue weighted by atomic mass is 16.1. The van der Waals surface area contributed by atoms with Gasteiger partial charge >= 0.3 is 0 Å². The lowest BCUT2D eigenvalue weighted by Crippen LogP contribution is -2.31. The smallest absolute Gasteiger partial charge is 0.252 e. The number of fused-ring (bicyclic) bond motifs is 1. The Morgan fingerprint density at radius 2 is 1.82 bits per heavy atom. The first-order valence-corrected chi connectivity index (χ1v) is 6.93. The van der Waals surface area contributed by atoms with E-state index < -0.39 is 0 Å². The average Bonchev–Trinajstić information content (AvgIpc) is 2.44. The van der Waals surface area contributed by atoms with E-state index >= 15 is 0 Å². The van der Waals surface area contributed by atoms with Crippen LogP contribution in [-0.4, -0.2) is 44.3 Å². The molecule has 0 heterocycles. The summed E-state index contributed by atoms with van der Waals surface area (Å²) < 4.78 is 0. The minimum Gasteiger partial charge on any atom is -0.399 e. The van der Waals surface area contributed by atoms with E-state index in [1.807, 2.05) is 19.0 Å². The Morgan fingerprint density at radius 1 is 1.18 bits per heavy atom. The summed E-state index contributed by atoms with van der Waals surface area (Å²) in [6, 6.07) is 6.54. The number of nitrogens with one attached hydrogen (secondary N) is 1. The van der Waals surface area contributed by atoms with Crippen molar-refractivity contribution in [1.29, 1.82) is 0 Å². The van der Waals surface area contributed by atoms with Crippen molar-refractivity contribution in [3.8, 4) is 0 Å². The van der Waals surface area contributed by atoms with Gasteiger partial charge in [-0.3, -0.25) is 9.59 Å². The van der Waals surface area contributed by atoms with Crippen molar-refractivity contribution >= 4 is 34.3 Å². The van der Waals surface area contributed by atoms with Gasteiger partial charge in [-0.2, -0.15) is 0 Å². The van der Waals surface area contributed by atoms with Gasteiger partial charge in [0.15, 0.2) is 6.29 Å². The molecule has 0 aliphatic carbocycles. The molecule has 0 atom stereocenters. The largest absolute Gasteiger partial charge is 0.399 e. The Morgan fingerprint density at radius 3 is 2.41 bits per heavy atom. The lowest BCUT2D eigenvalue weighted by atomic mass is 9.97. The van der Waals surface area contributed by atoms with Gasteiger partial charge in [-0.25, -0.2) is 0 Å². The highest BCUT2D eigenvalue weighted by Gasteiger charge is 2.15. The monoisotopic (exact) mass is 300 g/mol. The maximum Gasteiger partial charge on any atom is 0.252 e. The third kappa shape index (κ3) is 3.35. The normalized spacial score (nSPS) is 10.9. The molecule has 116 valence electrons. The number of hydrogen-bond acceptors (Lipinski definition) is 5. The summed E-state index contributed by atoms with van der Waals surface area (Å²) in [5.74, 6) is -0.257. The number of likely N-dealkylation sites (N-methyl/N-ethyl adjacent to an activating group) is 1. The summed E-state index contributed by atoms with van der Waals surface area (Å²) in [6.07, 6.45) is 0.700. The van der Waals surface area contributed by atoms with Crippen LogP contribution in [0.15, 0.2) is 24.3 Å². The van der Waals surface area contributed by atoms with E-state index in [1.54, 1.807) is 24.3 Å². The third-order valence-electron chi connectivity index (χ3n) is 3.34. The minimum absolute atomic E-state index is 0.257. The lowest BCUT2D eigenvalue weighted by molar-refractivity contribution is 0.0952. The van der Waals surface area contributed by atoms with Gasteiger partial charge in [-0.1, -0.05) is 0 Å². The molecule has 6 nitrogen and oxygen atoms in total. The van der Waals surface area contributed by atoms with E-state index in [9.17, 15) is 9.59 Å². The van der Waals surface area contributed by atoms with E-state index in [2.05, 4.69) is 5.32 Å². The zero-order valence-corrected chi connectivity index (χ0v) is 12.7. The van der Waals surface area contributed by atoms with Crippen LogP contribution in [0.3, 0.4) is 0 Å². The molecule has 0 aliphatic heterocycles. The SMILES string of the molecule is CN(C)CCNC(=O)c1cc(N)cc2cc(N)cc(C=O)c12. The van der Waals surface area contributed by atoms with Crippen molar-refractivity contribution in [2.24, 2.45) is 0 Å². The lowest BCUT2D eigenvalue weighted by Gasteiger charge is -2.13. The minimum atomic E-state index is -0.257. The van der Waals surface area contributed by atoms with Crippen LogP contribution in [0.2, 0.25) is 0 Å². The van der Waals surface area contributed by atoms with E-state index in [0.29, 0.717) is 46.1 Å². The van der Waals surface area contributed by atoms with E-state index in [4.69, 9.17) is 11.5 Å². The predicted octanol–water partition coefficient (Wildman–Crippen LogP) is 1.11. The zero-order valence-electron chi connectivity index (χ0n) is 12.7. The second kappa shape index (κ2) is 6.44. The maximum atomic E-state index is 12.4. The highest BCUT2D eigenvalue weighted by Crippen LogP contribution is 2.27. The van der Waals surface area contributed by atoms with Gasteiger partial charge in [-0.15, -0.1) is 0 Å². The molecule has 2 aromatic carbocycles. The Labute approximate surface area is 129 Å². The molecule has 0 spiro atoms. The second-order valence-corrected chi connectivity index (χ2v) is 5.45. The van der Waals surface area contributed by atoms with Crippen molar-refractivity contribution in [2.75, 3.05) is 38.7 Å². The quantitative estimate of drug-likeness (QED) is 0.567. The fourth-order valence-electron chi connectivity index (χ4n) is 2.36. The third-order valence-corrected chi connectivity index (χ3v) is 3.34. The number of anilines is 2. The molecule has 0 aromatic heterocycles. The summed E-state index contributed by atoms with van der Waals surface area (Å²) in [7, 11) is 3.85. The van der Waals surface area contributed by atoms with Gasteiger partial charge in [-0.05, 0) is 43.7 Å². The molecule has 0 unspecified atom stereocenters. The molecule has 0 saturated carbocycles. The van der Waals surface area contributed by atoms with Gasteiger partial charge in [0.1, 0.15) is 0 Å². The van der Waals surface area contributed by atoms with Crippen LogP contribution < -0.4 is 16.8 Å². The Hall–Kier alpha value is -2.60. The van der Waals surface area contributed by atoms with Crippen LogP contribution in [0.1, 0.15) is 20.7 Å². The average molecular weight is 300 g/mol. The first kappa shape index (κ1) is 15.8. The van der Waals surface area contributed by atoms with Crippen molar-refractivity contribution in [3.05, 3.63) is 35.4 Å².